The molecule has 1 saturated carbocycles. The standard InChI is InChI=1S/C19H25FN4O2S/c20-12-4-6-13(7-5-12)24-19(25)22-10-18-23-14-2-1-3-16(26-18)15(8-14)17-9-21-11-27-17/h4-7,11,14-18,23H,1-3,8-10H2,(H2,22,24,25). The van der Waals surface area contributed by atoms with Gasteiger partial charge in [0.05, 0.1) is 24.7 Å². The number of hydrogen-bond acceptors (Lipinski definition) is 5. The van der Waals surface area contributed by atoms with Gasteiger partial charge < -0.3 is 15.4 Å². The number of carbonyl (C=O) groups excluding carboxylic acids is 1. The number of carbonyl (C=O) groups is 1. The zero-order valence-corrected chi connectivity index (χ0v) is 15.9. The number of ether oxygens (including phenoxy) is 1. The maximum absolute atomic E-state index is 12.9. The van der Waals surface area contributed by atoms with E-state index < -0.39 is 0 Å². The van der Waals surface area contributed by atoms with Crippen molar-refractivity contribution in [2.24, 2.45) is 10.9 Å². The van der Waals surface area contributed by atoms with E-state index in [9.17, 15) is 9.18 Å². The van der Waals surface area contributed by atoms with Crippen LogP contribution in [0, 0.1) is 11.7 Å². The molecule has 0 aromatic heterocycles. The van der Waals surface area contributed by atoms with E-state index in [0.717, 1.165) is 25.8 Å². The molecule has 4 rings (SSSR count). The lowest BCUT2D eigenvalue weighted by atomic mass is 9.92. The highest BCUT2D eigenvalue weighted by Gasteiger charge is 2.40. The molecular formula is C19H25FN4O2S. The van der Waals surface area contributed by atoms with E-state index in [-0.39, 0.29) is 24.2 Å². The fourth-order valence-corrected chi connectivity index (χ4v) is 5.14. The first kappa shape index (κ1) is 18.7. The monoisotopic (exact) mass is 392 g/mol. The predicted molar refractivity (Wildman–Crippen MR) is 106 cm³/mol. The summed E-state index contributed by atoms with van der Waals surface area (Å²) in [5, 5.41) is 9.63. The van der Waals surface area contributed by atoms with Crippen LogP contribution < -0.4 is 16.0 Å². The Hall–Kier alpha value is -1.64. The van der Waals surface area contributed by atoms with Gasteiger partial charge in [0.1, 0.15) is 12.0 Å². The van der Waals surface area contributed by atoms with Crippen LogP contribution in [0.25, 0.3) is 0 Å². The number of urea groups is 1. The predicted octanol–water partition coefficient (Wildman–Crippen LogP) is 2.96. The van der Waals surface area contributed by atoms with Crippen LogP contribution in [0.2, 0.25) is 0 Å². The average molecular weight is 393 g/mol. The lowest BCUT2D eigenvalue weighted by molar-refractivity contribution is -0.0493. The lowest BCUT2D eigenvalue weighted by Crippen LogP contribution is -2.48. The van der Waals surface area contributed by atoms with Gasteiger partial charge in [0.2, 0.25) is 0 Å². The average Bonchev–Trinajstić information content (AvgIpc) is 3.03. The summed E-state index contributed by atoms with van der Waals surface area (Å²) in [5.41, 5.74) is 2.52. The molecule has 3 N–H and O–H groups in total. The van der Waals surface area contributed by atoms with E-state index >= 15 is 0 Å². The van der Waals surface area contributed by atoms with Crippen molar-refractivity contribution in [3.8, 4) is 0 Å². The molecule has 146 valence electrons. The van der Waals surface area contributed by atoms with Crippen LogP contribution in [0.4, 0.5) is 14.9 Å². The van der Waals surface area contributed by atoms with Gasteiger partial charge in [-0.25, -0.2) is 9.18 Å². The fraction of sp³-hybridized carbons (Fsp3) is 0.579. The van der Waals surface area contributed by atoms with E-state index in [2.05, 4.69) is 20.9 Å². The molecule has 3 aliphatic rings. The summed E-state index contributed by atoms with van der Waals surface area (Å²) in [5.74, 6) is 0.166. The van der Waals surface area contributed by atoms with Gasteiger partial charge in [0, 0.05) is 22.9 Å². The molecule has 5 unspecified atom stereocenters. The van der Waals surface area contributed by atoms with Crippen molar-refractivity contribution in [2.45, 2.75) is 49.3 Å². The van der Waals surface area contributed by atoms with Gasteiger partial charge in [-0.2, -0.15) is 0 Å². The third kappa shape index (κ3) is 4.80. The number of halogens is 1. The number of nitrogens with zero attached hydrogens (tertiary/aromatic N) is 1. The summed E-state index contributed by atoms with van der Waals surface area (Å²) in [6.45, 7) is 1.27. The minimum absolute atomic E-state index is 0.198. The Kier molecular flexibility index (Phi) is 5.95. The highest BCUT2D eigenvalue weighted by atomic mass is 32.2. The Morgan fingerprint density at radius 1 is 1.33 bits per heavy atom. The number of thioether (sulfide) groups is 1. The smallest absolute Gasteiger partial charge is 0.319 e. The lowest BCUT2D eigenvalue weighted by Gasteiger charge is -2.30. The zero-order chi connectivity index (χ0) is 18.6. The van der Waals surface area contributed by atoms with Crippen LogP contribution in [-0.4, -0.2) is 48.3 Å². The summed E-state index contributed by atoms with van der Waals surface area (Å²) >= 11 is 1.82. The third-order valence-corrected chi connectivity index (χ3v) is 6.58. The summed E-state index contributed by atoms with van der Waals surface area (Å²) in [6.07, 6.45) is 4.49. The second kappa shape index (κ2) is 8.58. The van der Waals surface area contributed by atoms with E-state index in [1.54, 1.807) is 0 Å². The number of amides is 2. The zero-order valence-electron chi connectivity index (χ0n) is 15.1. The van der Waals surface area contributed by atoms with Crippen molar-refractivity contribution >= 4 is 29.0 Å². The largest absolute Gasteiger partial charge is 0.358 e. The van der Waals surface area contributed by atoms with Crippen molar-refractivity contribution in [2.75, 3.05) is 18.4 Å². The Balaban J connectivity index is 1.31. The van der Waals surface area contributed by atoms with Crippen molar-refractivity contribution in [3.05, 3.63) is 30.1 Å². The maximum atomic E-state index is 12.9. The second-order valence-corrected chi connectivity index (χ2v) is 8.43. The second-order valence-electron chi connectivity index (χ2n) is 7.34. The Morgan fingerprint density at radius 2 is 2.19 bits per heavy atom. The van der Waals surface area contributed by atoms with E-state index in [4.69, 9.17) is 4.74 Å². The van der Waals surface area contributed by atoms with Crippen LogP contribution in [0.3, 0.4) is 0 Å². The van der Waals surface area contributed by atoms with E-state index in [1.165, 1.54) is 30.7 Å². The maximum Gasteiger partial charge on any atom is 0.319 e. The molecule has 2 amide bonds. The molecule has 2 fully saturated rings. The number of fused-ring (bicyclic) bond motifs is 3. The van der Waals surface area contributed by atoms with Gasteiger partial charge in [-0.05, 0) is 49.9 Å². The molecule has 5 atom stereocenters. The van der Waals surface area contributed by atoms with Crippen molar-refractivity contribution < 1.29 is 13.9 Å². The molecule has 1 saturated heterocycles. The van der Waals surface area contributed by atoms with Gasteiger partial charge in [0.15, 0.2) is 0 Å². The molecule has 8 heteroatoms. The van der Waals surface area contributed by atoms with Gasteiger partial charge in [-0.3, -0.25) is 10.3 Å². The van der Waals surface area contributed by atoms with Crippen LogP contribution >= 0.6 is 11.8 Å². The quantitative estimate of drug-likeness (QED) is 0.737. The topological polar surface area (TPSA) is 74.8 Å². The minimum atomic E-state index is -0.330. The first-order chi connectivity index (χ1) is 13.2. The highest BCUT2D eigenvalue weighted by Crippen LogP contribution is 2.37. The number of hydrogen-bond donors (Lipinski definition) is 3. The summed E-state index contributed by atoms with van der Waals surface area (Å²) < 4.78 is 19.3. The molecule has 0 spiro atoms. The Labute approximate surface area is 162 Å². The number of anilines is 1. The van der Waals surface area contributed by atoms with Crippen LogP contribution in [-0.2, 0) is 4.74 Å². The van der Waals surface area contributed by atoms with E-state index in [1.807, 2.05) is 17.3 Å². The molecule has 1 aromatic carbocycles. The van der Waals surface area contributed by atoms with E-state index in [0.29, 0.717) is 29.4 Å². The van der Waals surface area contributed by atoms with Gasteiger partial charge >= 0.3 is 6.03 Å². The molecule has 2 bridgehead atoms. The summed E-state index contributed by atoms with van der Waals surface area (Å²) in [4.78, 5) is 16.5. The third-order valence-electron chi connectivity index (χ3n) is 5.46. The van der Waals surface area contributed by atoms with Crippen molar-refractivity contribution in [3.63, 3.8) is 0 Å². The molecule has 6 nitrogen and oxygen atoms in total. The minimum Gasteiger partial charge on any atom is -0.358 e. The number of nitrogens with one attached hydrogen (secondary N) is 3. The van der Waals surface area contributed by atoms with Crippen molar-refractivity contribution in [1.82, 2.24) is 10.6 Å². The van der Waals surface area contributed by atoms with Crippen LogP contribution in [0.5, 0.6) is 0 Å². The molecule has 1 aromatic rings. The molecule has 0 radical (unpaired) electrons. The normalized spacial score (nSPS) is 32.7. The summed E-state index contributed by atoms with van der Waals surface area (Å²) in [7, 11) is 0. The first-order valence-corrected chi connectivity index (χ1v) is 10.5. The van der Waals surface area contributed by atoms with Crippen molar-refractivity contribution in [1.29, 1.82) is 0 Å². The molecule has 1 aliphatic carbocycles. The van der Waals surface area contributed by atoms with Gasteiger partial charge in [-0.1, -0.05) is 0 Å². The molecule has 2 aliphatic heterocycles. The first-order valence-electron chi connectivity index (χ1n) is 9.53. The number of benzene rings is 1. The van der Waals surface area contributed by atoms with Crippen LogP contribution in [0.1, 0.15) is 25.7 Å². The van der Waals surface area contributed by atoms with Gasteiger partial charge in [0.25, 0.3) is 0 Å². The SMILES string of the molecule is O=C(NCC1NC2CCCC(O1)C(C1CN=CS1)C2)Nc1ccc(F)cc1. The fourth-order valence-electron chi connectivity index (χ4n) is 4.15. The Bertz CT molecular complexity index is 679. The molecular weight excluding hydrogens is 367 g/mol. The van der Waals surface area contributed by atoms with Gasteiger partial charge in [-0.15, -0.1) is 11.8 Å². The molecule has 27 heavy (non-hydrogen) atoms. The van der Waals surface area contributed by atoms with Crippen LogP contribution in [0.15, 0.2) is 29.3 Å². The molecule has 2 heterocycles. The number of rotatable bonds is 4. The summed E-state index contributed by atoms with van der Waals surface area (Å²) in [6, 6.07) is 5.79. The Morgan fingerprint density at radius 3 is 2.96 bits per heavy atom. The number of aliphatic imine (C=N–C) groups is 1. The highest BCUT2D eigenvalue weighted by molar-refractivity contribution is 8.12.